The number of carbonyl (C=O) groups is 2. The second kappa shape index (κ2) is 5.99. The van der Waals surface area contributed by atoms with Crippen LogP contribution in [0.4, 0.5) is 5.69 Å². The molecular weight excluding hydrogens is 314 g/mol. The molecule has 0 spiro atoms. The minimum atomic E-state index is -0.467. The van der Waals surface area contributed by atoms with Gasteiger partial charge in [-0.15, -0.1) is 0 Å². The van der Waals surface area contributed by atoms with E-state index < -0.39 is 6.04 Å². The Hall–Kier alpha value is -2.69. The summed E-state index contributed by atoms with van der Waals surface area (Å²) in [5.74, 6) is -0.0253. The number of hydrogen-bond donors (Lipinski definition) is 0. The highest BCUT2D eigenvalue weighted by Gasteiger charge is 2.41. The Labute approximate surface area is 147 Å². The number of carbonyl (C=O) groups excluding carboxylic acids is 2. The summed E-state index contributed by atoms with van der Waals surface area (Å²) in [5, 5.41) is 0. The molecule has 3 heterocycles. The fourth-order valence-electron chi connectivity index (χ4n) is 3.87. The van der Waals surface area contributed by atoms with E-state index in [1.807, 2.05) is 50.2 Å². The van der Waals surface area contributed by atoms with Gasteiger partial charge < -0.3 is 9.80 Å². The molecule has 0 N–H and O–H groups in total. The number of anilines is 1. The average Bonchev–Trinajstić information content (AvgIpc) is 3.17. The van der Waals surface area contributed by atoms with Gasteiger partial charge in [0.15, 0.2) is 0 Å². The number of rotatable bonds is 3. The van der Waals surface area contributed by atoms with Crippen LogP contribution in [0.25, 0.3) is 0 Å². The summed E-state index contributed by atoms with van der Waals surface area (Å²) >= 11 is 0. The highest BCUT2D eigenvalue weighted by Crippen LogP contribution is 2.31. The zero-order chi connectivity index (χ0) is 17.6. The first-order chi connectivity index (χ1) is 12.1. The first kappa shape index (κ1) is 15.8. The maximum Gasteiger partial charge on any atom is 0.255 e. The molecule has 0 unspecified atom stereocenters. The van der Waals surface area contributed by atoms with Gasteiger partial charge >= 0.3 is 0 Å². The number of amides is 2. The zero-order valence-corrected chi connectivity index (χ0v) is 14.5. The van der Waals surface area contributed by atoms with Gasteiger partial charge in [0.1, 0.15) is 6.04 Å². The summed E-state index contributed by atoms with van der Waals surface area (Å²) in [6.45, 7) is 5.12. The minimum Gasteiger partial charge on any atom is -0.322 e. The SMILES string of the molecule is CC(C)[C@H](C(=O)N1CCc2ncccc21)N1Cc2ccccc2C1=O. The second-order valence-electron chi connectivity index (χ2n) is 6.99. The van der Waals surface area contributed by atoms with Crippen molar-refractivity contribution in [1.29, 1.82) is 0 Å². The third kappa shape index (κ3) is 2.51. The number of benzene rings is 1. The summed E-state index contributed by atoms with van der Waals surface area (Å²) in [7, 11) is 0. The van der Waals surface area contributed by atoms with E-state index in [-0.39, 0.29) is 17.7 Å². The monoisotopic (exact) mass is 335 g/mol. The lowest BCUT2D eigenvalue weighted by molar-refractivity contribution is -0.124. The van der Waals surface area contributed by atoms with Crippen LogP contribution in [0.2, 0.25) is 0 Å². The Morgan fingerprint density at radius 2 is 1.96 bits per heavy atom. The standard InChI is InChI=1S/C20H21N3O2/c1-13(2)18(23-12-14-6-3-4-7-15(14)19(23)24)20(25)22-11-9-16-17(22)8-5-10-21-16/h3-8,10,13,18H,9,11-12H2,1-2H3/t18-/m1/s1. The lowest BCUT2D eigenvalue weighted by Gasteiger charge is -2.33. The first-order valence-electron chi connectivity index (χ1n) is 8.72. The molecule has 0 radical (unpaired) electrons. The predicted octanol–water partition coefficient (Wildman–Crippen LogP) is 2.65. The fraction of sp³-hybridized carbons (Fsp3) is 0.350. The van der Waals surface area contributed by atoms with Crippen LogP contribution in [0.15, 0.2) is 42.6 Å². The van der Waals surface area contributed by atoms with E-state index in [1.54, 1.807) is 16.0 Å². The number of pyridine rings is 1. The van der Waals surface area contributed by atoms with Crippen LogP contribution >= 0.6 is 0 Å². The van der Waals surface area contributed by atoms with Crippen molar-refractivity contribution in [3.8, 4) is 0 Å². The van der Waals surface area contributed by atoms with Crippen LogP contribution in [0, 0.1) is 5.92 Å². The van der Waals surface area contributed by atoms with Crippen molar-refractivity contribution in [3.05, 3.63) is 59.4 Å². The van der Waals surface area contributed by atoms with E-state index in [2.05, 4.69) is 4.98 Å². The van der Waals surface area contributed by atoms with Crippen LogP contribution in [-0.4, -0.2) is 34.3 Å². The molecule has 0 fully saturated rings. The predicted molar refractivity (Wildman–Crippen MR) is 95.2 cm³/mol. The Bertz CT molecular complexity index is 846. The highest BCUT2D eigenvalue weighted by molar-refractivity contribution is 6.05. The molecule has 128 valence electrons. The third-order valence-electron chi connectivity index (χ3n) is 5.06. The van der Waals surface area contributed by atoms with Crippen molar-refractivity contribution in [1.82, 2.24) is 9.88 Å². The summed E-state index contributed by atoms with van der Waals surface area (Å²) in [4.78, 5) is 34.1. The van der Waals surface area contributed by atoms with Gasteiger partial charge in [0.25, 0.3) is 5.91 Å². The zero-order valence-electron chi connectivity index (χ0n) is 14.5. The van der Waals surface area contributed by atoms with Crippen molar-refractivity contribution in [2.45, 2.75) is 32.9 Å². The van der Waals surface area contributed by atoms with Gasteiger partial charge in [0.05, 0.1) is 11.4 Å². The molecular formula is C20H21N3O2. The summed E-state index contributed by atoms with van der Waals surface area (Å²) < 4.78 is 0. The van der Waals surface area contributed by atoms with Crippen molar-refractivity contribution < 1.29 is 9.59 Å². The Morgan fingerprint density at radius 1 is 1.16 bits per heavy atom. The van der Waals surface area contributed by atoms with E-state index in [1.165, 1.54) is 0 Å². The van der Waals surface area contributed by atoms with Gasteiger partial charge in [0, 0.05) is 31.3 Å². The van der Waals surface area contributed by atoms with Gasteiger partial charge in [-0.2, -0.15) is 0 Å². The lowest BCUT2D eigenvalue weighted by atomic mass is 10.0. The van der Waals surface area contributed by atoms with Gasteiger partial charge in [-0.05, 0) is 29.7 Å². The maximum atomic E-state index is 13.3. The van der Waals surface area contributed by atoms with E-state index in [0.717, 1.165) is 23.4 Å². The van der Waals surface area contributed by atoms with E-state index in [9.17, 15) is 9.59 Å². The topological polar surface area (TPSA) is 53.5 Å². The Kier molecular flexibility index (Phi) is 3.79. The van der Waals surface area contributed by atoms with E-state index in [0.29, 0.717) is 18.7 Å². The highest BCUT2D eigenvalue weighted by atomic mass is 16.2. The molecule has 5 heteroatoms. The molecule has 1 aromatic carbocycles. The number of fused-ring (bicyclic) bond motifs is 2. The van der Waals surface area contributed by atoms with Crippen molar-refractivity contribution in [3.63, 3.8) is 0 Å². The molecule has 2 aliphatic rings. The number of hydrogen-bond acceptors (Lipinski definition) is 3. The minimum absolute atomic E-state index is 0.0112. The smallest absolute Gasteiger partial charge is 0.255 e. The molecule has 1 aromatic heterocycles. The van der Waals surface area contributed by atoms with Crippen LogP contribution in [-0.2, 0) is 17.8 Å². The van der Waals surface area contributed by atoms with E-state index >= 15 is 0 Å². The molecule has 2 aromatic rings. The molecule has 0 aliphatic carbocycles. The van der Waals surface area contributed by atoms with Gasteiger partial charge in [0.2, 0.25) is 5.91 Å². The Morgan fingerprint density at radius 3 is 2.72 bits per heavy atom. The Balaban J connectivity index is 1.65. The molecule has 4 rings (SSSR count). The molecule has 0 saturated carbocycles. The quantitative estimate of drug-likeness (QED) is 0.866. The molecule has 25 heavy (non-hydrogen) atoms. The van der Waals surface area contributed by atoms with Crippen molar-refractivity contribution in [2.75, 3.05) is 11.4 Å². The molecule has 2 aliphatic heterocycles. The molecule has 1 atom stereocenters. The first-order valence-corrected chi connectivity index (χ1v) is 8.72. The molecule has 5 nitrogen and oxygen atoms in total. The summed E-state index contributed by atoms with van der Waals surface area (Å²) in [5.41, 5.74) is 3.54. The maximum absolute atomic E-state index is 13.3. The lowest BCUT2D eigenvalue weighted by Crippen LogP contribution is -2.51. The van der Waals surface area contributed by atoms with Crippen LogP contribution < -0.4 is 4.90 Å². The second-order valence-corrected chi connectivity index (χ2v) is 6.99. The van der Waals surface area contributed by atoms with Gasteiger partial charge in [-0.3, -0.25) is 14.6 Å². The number of nitrogens with zero attached hydrogens (tertiary/aromatic N) is 3. The molecule has 0 bridgehead atoms. The molecule has 2 amide bonds. The molecule has 0 saturated heterocycles. The van der Waals surface area contributed by atoms with E-state index in [4.69, 9.17) is 0 Å². The van der Waals surface area contributed by atoms with Gasteiger partial charge in [-0.1, -0.05) is 32.0 Å². The number of aromatic nitrogens is 1. The van der Waals surface area contributed by atoms with Crippen LogP contribution in [0.1, 0.15) is 35.5 Å². The normalized spacial score (nSPS) is 17.0. The summed E-state index contributed by atoms with van der Waals surface area (Å²) in [6.07, 6.45) is 2.52. The van der Waals surface area contributed by atoms with Crippen LogP contribution in [0.5, 0.6) is 0 Å². The third-order valence-corrected chi connectivity index (χ3v) is 5.06. The fourth-order valence-corrected chi connectivity index (χ4v) is 3.87. The van der Waals surface area contributed by atoms with Crippen molar-refractivity contribution in [2.24, 2.45) is 5.92 Å². The summed E-state index contributed by atoms with van der Waals surface area (Å²) in [6, 6.07) is 10.9. The average molecular weight is 335 g/mol. The van der Waals surface area contributed by atoms with Gasteiger partial charge in [-0.25, -0.2) is 0 Å². The van der Waals surface area contributed by atoms with Crippen LogP contribution in [0.3, 0.4) is 0 Å². The van der Waals surface area contributed by atoms with Crippen molar-refractivity contribution >= 4 is 17.5 Å². The largest absolute Gasteiger partial charge is 0.322 e.